The summed E-state index contributed by atoms with van der Waals surface area (Å²) in [5, 5.41) is 0. The Hall–Kier alpha value is -0.120. The van der Waals surface area contributed by atoms with Crippen LogP contribution in [0.15, 0.2) is 0 Å². The van der Waals surface area contributed by atoms with Crippen LogP contribution in [-0.2, 0) is 0 Å². The van der Waals surface area contributed by atoms with Gasteiger partial charge < -0.3 is 17.2 Å². The van der Waals surface area contributed by atoms with E-state index in [9.17, 15) is 0 Å². The molecule has 0 aliphatic heterocycles. The van der Waals surface area contributed by atoms with Crippen LogP contribution in [-0.4, -0.2) is 12.2 Å². The average Bonchev–Trinajstić information content (AvgIpc) is 2.52. The molecule has 0 radical (unpaired) electrons. The molecule has 0 aromatic rings. The van der Waals surface area contributed by atoms with Crippen LogP contribution in [0.3, 0.4) is 0 Å². The summed E-state index contributed by atoms with van der Waals surface area (Å²) >= 11 is 0. The molecule has 6 N–H and O–H groups in total. The number of hydrogen-bond donors (Lipinski definition) is 3. The molecule has 0 rings (SSSR count). The van der Waals surface area contributed by atoms with Gasteiger partial charge in [0.1, 0.15) is 0 Å². The Kier molecular flexibility index (Phi) is 16.6. The van der Waals surface area contributed by atoms with E-state index in [1.807, 2.05) is 0 Å². The SMILES string of the molecule is CCCCCCCCCCCCCCCC(N)(N)CCCCN. The second-order valence-electron chi connectivity index (χ2n) is 7.47. The van der Waals surface area contributed by atoms with Crippen molar-refractivity contribution >= 4 is 0 Å². The molecule has 140 valence electrons. The summed E-state index contributed by atoms with van der Waals surface area (Å²) in [6.45, 7) is 3.03. The highest BCUT2D eigenvalue weighted by Crippen LogP contribution is 2.16. The lowest BCUT2D eigenvalue weighted by Gasteiger charge is -2.24. The van der Waals surface area contributed by atoms with E-state index in [-0.39, 0.29) is 0 Å². The van der Waals surface area contributed by atoms with Gasteiger partial charge in [0.2, 0.25) is 0 Å². The summed E-state index contributed by atoms with van der Waals surface area (Å²) in [4.78, 5) is 0. The van der Waals surface area contributed by atoms with E-state index in [2.05, 4.69) is 6.92 Å². The van der Waals surface area contributed by atoms with E-state index < -0.39 is 5.66 Å². The van der Waals surface area contributed by atoms with Crippen molar-refractivity contribution in [2.24, 2.45) is 17.2 Å². The zero-order valence-corrected chi connectivity index (χ0v) is 16.0. The van der Waals surface area contributed by atoms with Gasteiger partial charge in [-0.05, 0) is 32.2 Å². The maximum Gasteiger partial charge on any atom is 0.0636 e. The van der Waals surface area contributed by atoms with E-state index >= 15 is 0 Å². The molecule has 0 bridgehead atoms. The van der Waals surface area contributed by atoms with Crippen LogP contribution in [0.25, 0.3) is 0 Å². The Morgan fingerprint density at radius 1 is 0.522 bits per heavy atom. The van der Waals surface area contributed by atoms with E-state index in [0.29, 0.717) is 0 Å². The molecule has 3 heteroatoms. The topological polar surface area (TPSA) is 78.1 Å². The number of nitrogens with two attached hydrogens (primary N) is 3. The van der Waals surface area contributed by atoms with Crippen LogP contribution in [0.4, 0.5) is 0 Å². The van der Waals surface area contributed by atoms with Crippen molar-refractivity contribution in [2.45, 2.75) is 122 Å². The summed E-state index contributed by atoms with van der Waals surface area (Å²) < 4.78 is 0. The second kappa shape index (κ2) is 16.7. The van der Waals surface area contributed by atoms with Crippen LogP contribution in [0, 0.1) is 0 Å². The molecule has 0 amide bonds. The van der Waals surface area contributed by atoms with E-state index in [4.69, 9.17) is 17.2 Å². The van der Waals surface area contributed by atoms with E-state index in [0.717, 1.165) is 32.2 Å². The summed E-state index contributed by atoms with van der Waals surface area (Å²) in [6, 6.07) is 0. The average molecular weight is 328 g/mol. The van der Waals surface area contributed by atoms with Gasteiger partial charge in [-0.2, -0.15) is 0 Å². The molecular weight excluding hydrogens is 282 g/mol. The number of rotatable bonds is 18. The molecule has 0 spiro atoms. The maximum absolute atomic E-state index is 6.13. The molecule has 0 saturated heterocycles. The highest BCUT2D eigenvalue weighted by molar-refractivity contribution is 4.76. The minimum absolute atomic E-state index is 0.465. The van der Waals surface area contributed by atoms with Crippen LogP contribution >= 0.6 is 0 Å². The highest BCUT2D eigenvalue weighted by atomic mass is 14.9. The minimum Gasteiger partial charge on any atom is -0.330 e. The summed E-state index contributed by atoms with van der Waals surface area (Å²) in [7, 11) is 0. The van der Waals surface area contributed by atoms with Crippen LogP contribution in [0.5, 0.6) is 0 Å². The normalized spacial score (nSPS) is 12.0. The first-order chi connectivity index (χ1) is 11.1. The van der Waals surface area contributed by atoms with Gasteiger partial charge in [0.05, 0.1) is 5.66 Å². The molecule has 0 aliphatic carbocycles. The molecule has 0 aromatic heterocycles. The van der Waals surface area contributed by atoms with Gasteiger partial charge in [-0.15, -0.1) is 0 Å². The van der Waals surface area contributed by atoms with Crippen molar-refractivity contribution < 1.29 is 0 Å². The lowest BCUT2D eigenvalue weighted by Crippen LogP contribution is -2.49. The van der Waals surface area contributed by atoms with Gasteiger partial charge in [-0.3, -0.25) is 0 Å². The first kappa shape index (κ1) is 22.9. The van der Waals surface area contributed by atoms with Crippen molar-refractivity contribution in [3.8, 4) is 0 Å². The van der Waals surface area contributed by atoms with Gasteiger partial charge >= 0.3 is 0 Å². The molecule has 0 heterocycles. The molecular formula is C20H45N3. The maximum atomic E-state index is 6.13. The molecule has 0 saturated carbocycles. The van der Waals surface area contributed by atoms with Crippen molar-refractivity contribution in [2.75, 3.05) is 6.54 Å². The first-order valence-electron chi connectivity index (χ1n) is 10.4. The summed E-state index contributed by atoms with van der Waals surface area (Å²) in [6.07, 6.45) is 21.9. The van der Waals surface area contributed by atoms with Crippen molar-refractivity contribution in [3.05, 3.63) is 0 Å². The summed E-state index contributed by atoms with van der Waals surface area (Å²) in [5.41, 5.74) is 17.3. The Balaban J connectivity index is 3.20. The summed E-state index contributed by atoms with van der Waals surface area (Å²) in [5.74, 6) is 0. The van der Waals surface area contributed by atoms with Crippen LogP contribution < -0.4 is 17.2 Å². The third kappa shape index (κ3) is 18.1. The first-order valence-corrected chi connectivity index (χ1v) is 10.4. The van der Waals surface area contributed by atoms with Crippen molar-refractivity contribution in [1.82, 2.24) is 0 Å². The molecule has 3 nitrogen and oxygen atoms in total. The Bertz CT molecular complexity index is 229. The third-order valence-electron chi connectivity index (χ3n) is 4.84. The fourth-order valence-electron chi connectivity index (χ4n) is 3.20. The van der Waals surface area contributed by atoms with Gasteiger partial charge in [0.15, 0.2) is 0 Å². The predicted octanol–water partition coefficient (Wildman–Crippen LogP) is 5.21. The van der Waals surface area contributed by atoms with Crippen molar-refractivity contribution in [1.29, 1.82) is 0 Å². The number of unbranched alkanes of at least 4 members (excludes halogenated alkanes) is 13. The van der Waals surface area contributed by atoms with Gasteiger partial charge in [-0.25, -0.2) is 0 Å². The lowest BCUT2D eigenvalue weighted by molar-refractivity contribution is 0.349. The zero-order chi connectivity index (χ0) is 17.2. The Labute approximate surface area is 146 Å². The smallest absolute Gasteiger partial charge is 0.0636 e. The van der Waals surface area contributed by atoms with Gasteiger partial charge in [-0.1, -0.05) is 90.4 Å². The predicted molar refractivity (Wildman–Crippen MR) is 104 cm³/mol. The van der Waals surface area contributed by atoms with Gasteiger partial charge in [0.25, 0.3) is 0 Å². The molecule has 0 unspecified atom stereocenters. The Morgan fingerprint density at radius 3 is 1.26 bits per heavy atom. The van der Waals surface area contributed by atoms with Crippen LogP contribution in [0.1, 0.15) is 116 Å². The molecule has 0 aliphatic rings. The molecule has 23 heavy (non-hydrogen) atoms. The van der Waals surface area contributed by atoms with Crippen molar-refractivity contribution in [3.63, 3.8) is 0 Å². The van der Waals surface area contributed by atoms with E-state index in [1.54, 1.807) is 0 Å². The molecule has 0 fully saturated rings. The highest BCUT2D eigenvalue weighted by Gasteiger charge is 2.17. The van der Waals surface area contributed by atoms with Gasteiger partial charge in [0, 0.05) is 0 Å². The largest absolute Gasteiger partial charge is 0.330 e. The lowest BCUT2D eigenvalue weighted by atomic mass is 9.96. The molecule has 0 atom stereocenters. The third-order valence-corrected chi connectivity index (χ3v) is 4.84. The number of hydrogen-bond acceptors (Lipinski definition) is 3. The minimum atomic E-state index is -0.465. The monoisotopic (exact) mass is 327 g/mol. The quantitative estimate of drug-likeness (QED) is 0.239. The van der Waals surface area contributed by atoms with Crippen LogP contribution in [0.2, 0.25) is 0 Å². The zero-order valence-electron chi connectivity index (χ0n) is 16.0. The Morgan fingerprint density at radius 2 is 0.870 bits per heavy atom. The van der Waals surface area contributed by atoms with E-state index in [1.165, 1.54) is 83.5 Å². The fraction of sp³-hybridized carbons (Fsp3) is 1.00. The standard InChI is InChI=1S/C20H45N3/c1-2-3-4-5-6-7-8-9-10-11-12-13-14-17-20(22,23)18-15-16-19-21/h2-19,21-23H2,1H3. The fourth-order valence-corrected chi connectivity index (χ4v) is 3.20. The molecule has 0 aromatic carbocycles. The second-order valence-corrected chi connectivity index (χ2v) is 7.47.